The van der Waals surface area contributed by atoms with Crippen LogP contribution >= 0.6 is 0 Å². The molecule has 0 radical (unpaired) electrons. The third kappa shape index (κ3) is 6.02. The molecule has 0 heterocycles. The molecular formula is C28H34N2O5. The van der Waals surface area contributed by atoms with Crippen molar-refractivity contribution in [3.8, 4) is 11.1 Å². The average molecular weight is 479 g/mol. The van der Waals surface area contributed by atoms with Gasteiger partial charge in [0.15, 0.2) is 0 Å². The number of amides is 2. The van der Waals surface area contributed by atoms with E-state index in [2.05, 4.69) is 34.9 Å². The molecule has 4 rings (SSSR count). The van der Waals surface area contributed by atoms with Crippen molar-refractivity contribution in [2.75, 3.05) is 6.61 Å². The van der Waals surface area contributed by atoms with Crippen LogP contribution in [0.25, 0.3) is 11.1 Å². The normalized spacial score (nSPS) is 19.8. The predicted molar refractivity (Wildman–Crippen MR) is 133 cm³/mol. The van der Waals surface area contributed by atoms with Crippen molar-refractivity contribution >= 4 is 18.0 Å². The zero-order valence-corrected chi connectivity index (χ0v) is 20.2. The van der Waals surface area contributed by atoms with E-state index in [0.29, 0.717) is 6.42 Å². The summed E-state index contributed by atoms with van der Waals surface area (Å²) < 4.78 is 5.62. The van der Waals surface area contributed by atoms with E-state index >= 15 is 0 Å². The minimum atomic E-state index is -0.834. The van der Waals surface area contributed by atoms with E-state index in [-0.39, 0.29) is 49.3 Å². The Morgan fingerprint density at radius 3 is 2.26 bits per heavy atom. The topological polar surface area (TPSA) is 105 Å². The van der Waals surface area contributed by atoms with Gasteiger partial charge in [-0.3, -0.25) is 9.59 Å². The second-order valence-electron chi connectivity index (χ2n) is 9.60. The number of carboxylic acid groups (broad SMARTS) is 1. The Balaban J connectivity index is 1.30. The Morgan fingerprint density at radius 1 is 1.00 bits per heavy atom. The van der Waals surface area contributed by atoms with Gasteiger partial charge in [0.1, 0.15) is 6.61 Å². The summed E-state index contributed by atoms with van der Waals surface area (Å²) in [5.41, 5.74) is 4.64. The number of fused-ring (bicyclic) bond motifs is 3. The fraction of sp³-hybridized carbons (Fsp3) is 0.464. The first-order valence-electron chi connectivity index (χ1n) is 12.6. The Bertz CT molecular complexity index is 1020. The molecule has 1 saturated carbocycles. The smallest absolute Gasteiger partial charge is 0.407 e. The minimum Gasteiger partial charge on any atom is -0.481 e. The van der Waals surface area contributed by atoms with E-state index in [0.717, 1.165) is 36.8 Å². The van der Waals surface area contributed by atoms with Gasteiger partial charge < -0.3 is 20.5 Å². The number of aliphatic carboxylic acids is 1. The highest BCUT2D eigenvalue weighted by molar-refractivity contribution is 5.80. The van der Waals surface area contributed by atoms with Crippen LogP contribution in [-0.2, 0) is 14.3 Å². The number of alkyl carbamates (subject to hydrolysis) is 1. The van der Waals surface area contributed by atoms with Gasteiger partial charge in [-0.15, -0.1) is 0 Å². The van der Waals surface area contributed by atoms with E-state index in [1.807, 2.05) is 31.2 Å². The van der Waals surface area contributed by atoms with Gasteiger partial charge in [-0.05, 0) is 47.4 Å². The Morgan fingerprint density at radius 2 is 1.63 bits per heavy atom. The third-order valence-electron chi connectivity index (χ3n) is 7.28. The van der Waals surface area contributed by atoms with Crippen LogP contribution in [0, 0.1) is 5.92 Å². The molecule has 2 aliphatic rings. The molecule has 35 heavy (non-hydrogen) atoms. The summed E-state index contributed by atoms with van der Waals surface area (Å²) in [6.45, 7) is 2.14. The number of hydrogen-bond acceptors (Lipinski definition) is 4. The number of carbonyl (C=O) groups excluding carboxylic acids is 2. The molecule has 0 unspecified atom stereocenters. The zero-order valence-electron chi connectivity index (χ0n) is 20.2. The first-order chi connectivity index (χ1) is 17.0. The highest BCUT2D eigenvalue weighted by Crippen LogP contribution is 2.44. The Kier molecular flexibility index (Phi) is 8.06. The van der Waals surface area contributed by atoms with Crippen LogP contribution in [0.3, 0.4) is 0 Å². The minimum absolute atomic E-state index is 0.0194. The van der Waals surface area contributed by atoms with Crippen molar-refractivity contribution in [2.24, 2.45) is 5.92 Å². The second-order valence-corrected chi connectivity index (χ2v) is 9.60. The summed E-state index contributed by atoms with van der Waals surface area (Å²) in [5, 5.41) is 15.0. The lowest BCUT2D eigenvalue weighted by atomic mass is 9.82. The van der Waals surface area contributed by atoms with E-state index in [1.54, 1.807) is 0 Å². The lowest BCUT2D eigenvalue weighted by molar-refractivity contribution is -0.139. The molecule has 7 nitrogen and oxygen atoms in total. The molecule has 7 heteroatoms. The van der Waals surface area contributed by atoms with Gasteiger partial charge in [0.2, 0.25) is 5.91 Å². The van der Waals surface area contributed by atoms with Crippen LogP contribution in [0.4, 0.5) is 4.79 Å². The van der Waals surface area contributed by atoms with E-state index < -0.39 is 12.1 Å². The standard InChI is InChI=1S/C28H34N2O5/c1-2-19(16-26(31)30-25-14-8-3-9-18(25)15-27(32)33)29-28(34)35-17-24-22-12-6-4-10-20(22)21-11-5-7-13-23(21)24/h4-7,10-13,18-19,24-25H,2-3,8-9,14-17H2,1H3,(H,29,34)(H,30,31)(H,32,33)/t18-,19-,25-/m1/s1. The summed E-state index contributed by atoms with van der Waals surface area (Å²) in [5.74, 6) is -1.06. The van der Waals surface area contributed by atoms with Crippen LogP contribution in [0.15, 0.2) is 48.5 Å². The van der Waals surface area contributed by atoms with Gasteiger partial charge in [-0.2, -0.15) is 0 Å². The number of benzene rings is 2. The van der Waals surface area contributed by atoms with Gasteiger partial charge in [0.05, 0.1) is 6.42 Å². The fourth-order valence-corrected chi connectivity index (χ4v) is 5.46. The van der Waals surface area contributed by atoms with E-state index in [9.17, 15) is 14.4 Å². The maximum absolute atomic E-state index is 12.7. The van der Waals surface area contributed by atoms with Gasteiger partial charge in [0, 0.05) is 24.4 Å². The highest BCUT2D eigenvalue weighted by Gasteiger charge is 2.30. The van der Waals surface area contributed by atoms with E-state index in [4.69, 9.17) is 9.84 Å². The maximum atomic E-state index is 12.7. The molecule has 0 spiro atoms. The number of ether oxygens (including phenoxy) is 1. The maximum Gasteiger partial charge on any atom is 0.407 e. The zero-order chi connectivity index (χ0) is 24.8. The van der Waals surface area contributed by atoms with Gasteiger partial charge in [0.25, 0.3) is 0 Å². The summed E-state index contributed by atoms with van der Waals surface area (Å²) in [6, 6.07) is 15.9. The molecule has 2 amide bonds. The monoisotopic (exact) mass is 478 g/mol. The Hall–Kier alpha value is -3.35. The number of carboxylic acids is 1. The van der Waals surface area contributed by atoms with Crippen LogP contribution < -0.4 is 10.6 Å². The van der Waals surface area contributed by atoms with Crippen molar-refractivity contribution in [1.82, 2.24) is 10.6 Å². The lowest BCUT2D eigenvalue weighted by Gasteiger charge is -2.31. The number of rotatable bonds is 9. The molecule has 3 atom stereocenters. The van der Waals surface area contributed by atoms with Crippen molar-refractivity contribution in [3.63, 3.8) is 0 Å². The predicted octanol–water partition coefficient (Wildman–Crippen LogP) is 4.84. The summed E-state index contributed by atoms with van der Waals surface area (Å²) in [6.07, 6.45) is 3.83. The fourth-order valence-electron chi connectivity index (χ4n) is 5.46. The molecule has 0 bridgehead atoms. The van der Waals surface area contributed by atoms with Crippen LogP contribution in [0.5, 0.6) is 0 Å². The molecular weight excluding hydrogens is 444 g/mol. The van der Waals surface area contributed by atoms with Crippen molar-refractivity contribution in [2.45, 2.75) is 69.9 Å². The third-order valence-corrected chi connectivity index (χ3v) is 7.28. The number of hydrogen-bond donors (Lipinski definition) is 3. The number of nitrogens with one attached hydrogen (secondary N) is 2. The lowest BCUT2D eigenvalue weighted by Crippen LogP contribution is -2.45. The quantitative estimate of drug-likeness (QED) is 0.478. The molecule has 3 N–H and O–H groups in total. The molecule has 0 saturated heterocycles. The first kappa shape index (κ1) is 24.8. The summed E-state index contributed by atoms with van der Waals surface area (Å²) in [7, 11) is 0. The molecule has 2 aliphatic carbocycles. The van der Waals surface area contributed by atoms with Gasteiger partial charge >= 0.3 is 12.1 Å². The van der Waals surface area contributed by atoms with E-state index in [1.165, 1.54) is 11.1 Å². The molecule has 1 fully saturated rings. The Labute approximate surface area is 206 Å². The average Bonchev–Trinajstić information content (AvgIpc) is 3.17. The molecule has 0 aliphatic heterocycles. The number of carbonyl (C=O) groups is 3. The van der Waals surface area contributed by atoms with Crippen LogP contribution in [0.1, 0.15) is 68.9 Å². The van der Waals surface area contributed by atoms with Gasteiger partial charge in [-0.25, -0.2) is 4.79 Å². The van der Waals surface area contributed by atoms with Crippen LogP contribution in [-0.4, -0.2) is 41.8 Å². The SMILES string of the molecule is CC[C@H](CC(=O)N[C@@H]1CCCC[C@@H]1CC(=O)O)NC(=O)OCC1c2ccccc2-c2ccccc21. The summed E-state index contributed by atoms with van der Waals surface area (Å²) >= 11 is 0. The van der Waals surface area contributed by atoms with Crippen molar-refractivity contribution < 1.29 is 24.2 Å². The molecule has 2 aromatic carbocycles. The molecule has 0 aromatic heterocycles. The molecule has 186 valence electrons. The van der Waals surface area contributed by atoms with Crippen molar-refractivity contribution in [3.05, 3.63) is 59.7 Å². The first-order valence-corrected chi connectivity index (χ1v) is 12.6. The largest absolute Gasteiger partial charge is 0.481 e. The summed E-state index contributed by atoms with van der Waals surface area (Å²) in [4.78, 5) is 36.5. The second kappa shape index (κ2) is 11.4. The highest BCUT2D eigenvalue weighted by atomic mass is 16.5. The van der Waals surface area contributed by atoms with Crippen LogP contribution in [0.2, 0.25) is 0 Å². The van der Waals surface area contributed by atoms with Crippen molar-refractivity contribution in [1.29, 1.82) is 0 Å². The molecule has 2 aromatic rings. The van der Waals surface area contributed by atoms with Gasteiger partial charge in [-0.1, -0.05) is 68.3 Å².